The lowest BCUT2D eigenvalue weighted by Gasteiger charge is -2.08. The molecule has 0 radical (unpaired) electrons. The third kappa shape index (κ3) is 5.96. The van der Waals surface area contributed by atoms with Crippen LogP contribution < -0.4 is 0 Å². The van der Waals surface area contributed by atoms with Gasteiger partial charge in [-0.2, -0.15) is 7.05 Å². The van der Waals surface area contributed by atoms with Gasteiger partial charge < -0.3 is 5.32 Å². The van der Waals surface area contributed by atoms with E-state index in [0.717, 1.165) is 6.54 Å². The molecule has 0 aromatic heterocycles. The van der Waals surface area contributed by atoms with Gasteiger partial charge in [0.15, 0.2) is 0 Å². The summed E-state index contributed by atoms with van der Waals surface area (Å²) in [7, 11) is 1.88. The number of nitrogens with zero attached hydrogens (tertiary/aromatic N) is 1. The maximum absolute atomic E-state index is 4.01. The molecule has 50 valence electrons. The smallest absolute Gasteiger partial charge is 0.0536 e. The Labute approximate surface area is 52.5 Å². The van der Waals surface area contributed by atoms with Gasteiger partial charge in [0.2, 0.25) is 0 Å². The lowest BCUT2D eigenvalue weighted by atomic mass is 10.2. The van der Waals surface area contributed by atoms with Crippen LogP contribution in [0.25, 0.3) is 5.32 Å². The second-order valence-corrected chi connectivity index (χ2v) is 2.10. The summed E-state index contributed by atoms with van der Waals surface area (Å²) in [4.78, 5) is 0. The lowest BCUT2D eigenvalue weighted by Crippen LogP contribution is -1.81. The van der Waals surface area contributed by atoms with Crippen LogP contribution in [-0.4, -0.2) is 13.6 Å². The van der Waals surface area contributed by atoms with Crippen molar-refractivity contribution in [3.05, 3.63) is 5.32 Å². The molecular formula is C7H16N-. The Hall–Kier alpha value is -0.0400. The van der Waals surface area contributed by atoms with E-state index in [4.69, 9.17) is 0 Å². The van der Waals surface area contributed by atoms with Crippen molar-refractivity contribution in [2.24, 2.45) is 0 Å². The van der Waals surface area contributed by atoms with Crippen molar-refractivity contribution in [3.8, 4) is 0 Å². The van der Waals surface area contributed by atoms with Crippen molar-refractivity contribution >= 4 is 0 Å². The predicted molar refractivity (Wildman–Crippen MR) is 38.3 cm³/mol. The molecule has 0 aliphatic rings. The fraction of sp³-hybridized carbons (Fsp3) is 1.00. The molecule has 0 heterocycles. The van der Waals surface area contributed by atoms with Crippen molar-refractivity contribution in [2.75, 3.05) is 13.6 Å². The highest BCUT2D eigenvalue weighted by Gasteiger charge is 1.78. The van der Waals surface area contributed by atoms with Crippen LogP contribution in [0.15, 0.2) is 0 Å². The normalized spacial score (nSPS) is 9.75. The van der Waals surface area contributed by atoms with Crippen LogP contribution in [0.1, 0.15) is 32.6 Å². The summed E-state index contributed by atoms with van der Waals surface area (Å²) < 4.78 is 0. The summed E-state index contributed by atoms with van der Waals surface area (Å²) in [6, 6.07) is 0. The lowest BCUT2D eigenvalue weighted by molar-refractivity contribution is 0.689. The molecule has 0 rings (SSSR count). The van der Waals surface area contributed by atoms with Crippen molar-refractivity contribution in [1.29, 1.82) is 0 Å². The molecule has 0 aromatic rings. The van der Waals surface area contributed by atoms with Gasteiger partial charge in [-0.05, 0) is 0 Å². The maximum atomic E-state index is 4.01. The predicted octanol–water partition coefficient (Wildman–Crippen LogP) is 2.57. The quantitative estimate of drug-likeness (QED) is 0.488. The summed E-state index contributed by atoms with van der Waals surface area (Å²) in [5.74, 6) is 0. The topological polar surface area (TPSA) is 14.1 Å². The van der Waals surface area contributed by atoms with Gasteiger partial charge in [0.25, 0.3) is 0 Å². The average molecular weight is 114 g/mol. The van der Waals surface area contributed by atoms with E-state index in [1.54, 1.807) is 0 Å². The Kier molecular flexibility index (Phi) is 6.93. The Morgan fingerprint density at radius 2 is 1.88 bits per heavy atom. The third-order valence-corrected chi connectivity index (χ3v) is 1.24. The fourth-order valence-corrected chi connectivity index (χ4v) is 0.697. The van der Waals surface area contributed by atoms with Crippen LogP contribution >= 0.6 is 0 Å². The highest BCUT2D eigenvalue weighted by Crippen LogP contribution is 1.99. The number of hydrogen-bond acceptors (Lipinski definition) is 0. The minimum atomic E-state index is 1.06. The maximum Gasteiger partial charge on any atom is -0.0536 e. The van der Waals surface area contributed by atoms with Crippen LogP contribution in [0.4, 0.5) is 0 Å². The Bertz CT molecular complexity index is 29.4. The molecule has 0 N–H and O–H groups in total. The van der Waals surface area contributed by atoms with Gasteiger partial charge in [-0.1, -0.05) is 32.6 Å². The third-order valence-electron chi connectivity index (χ3n) is 1.24. The van der Waals surface area contributed by atoms with Gasteiger partial charge in [-0.15, -0.1) is 6.54 Å². The molecule has 0 unspecified atom stereocenters. The van der Waals surface area contributed by atoms with Crippen molar-refractivity contribution in [3.63, 3.8) is 0 Å². The van der Waals surface area contributed by atoms with E-state index in [1.807, 2.05) is 7.05 Å². The molecule has 0 saturated carbocycles. The zero-order valence-corrected chi connectivity index (χ0v) is 5.98. The van der Waals surface area contributed by atoms with Gasteiger partial charge >= 0.3 is 0 Å². The second kappa shape index (κ2) is 6.96. The number of rotatable bonds is 5. The highest BCUT2D eigenvalue weighted by atomic mass is 14.8. The minimum Gasteiger partial charge on any atom is -0.665 e. The van der Waals surface area contributed by atoms with Gasteiger partial charge in [-0.25, -0.2) is 0 Å². The van der Waals surface area contributed by atoms with Gasteiger partial charge in [0.1, 0.15) is 0 Å². The Balaban J connectivity index is 2.53. The zero-order chi connectivity index (χ0) is 6.24. The molecule has 0 atom stereocenters. The molecular weight excluding hydrogens is 98.1 g/mol. The average Bonchev–Trinajstić information content (AvgIpc) is 1.81. The second-order valence-electron chi connectivity index (χ2n) is 2.10. The summed E-state index contributed by atoms with van der Waals surface area (Å²) in [6.07, 6.45) is 5.33. The van der Waals surface area contributed by atoms with E-state index in [-0.39, 0.29) is 0 Å². The first-order valence-electron chi connectivity index (χ1n) is 3.47. The van der Waals surface area contributed by atoms with Crippen LogP contribution in [-0.2, 0) is 0 Å². The molecule has 8 heavy (non-hydrogen) atoms. The molecule has 0 aliphatic carbocycles. The highest BCUT2D eigenvalue weighted by molar-refractivity contribution is 4.68. The fourth-order valence-electron chi connectivity index (χ4n) is 0.697. The molecule has 0 amide bonds. The van der Waals surface area contributed by atoms with E-state index in [1.165, 1.54) is 25.7 Å². The van der Waals surface area contributed by atoms with E-state index in [9.17, 15) is 0 Å². The van der Waals surface area contributed by atoms with Crippen LogP contribution in [0.5, 0.6) is 0 Å². The van der Waals surface area contributed by atoms with Crippen molar-refractivity contribution in [1.82, 2.24) is 0 Å². The SMILES string of the molecule is CCCCCC[N-]C. The van der Waals surface area contributed by atoms with Crippen LogP contribution in [0.2, 0.25) is 0 Å². The van der Waals surface area contributed by atoms with Crippen molar-refractivity contribution in [2.45, 2.75) is 32.6 Å². The summed E-state index contributed by atoms with van der Waals surface area (Å²) in [5, 5.41) is 4.01. The number of hydrogen-bond donors (Lipinski definition) is 0. The molecule has 0 spiro atoms. The first-order valence-corrected chi connectivity index (χ1v) is 3.47. The summed E-state index contributed by atoms with van der Waals surface area (Å²) >= 11 is 0. The molecule has 0 fully saturated rings. The molecule has 0 saturated heterocycles. The van der Waals surface area contributed by atoms with E-state index >= 15 is 0 Å². The standard InChI is InChI=1S/C7H16N/c1-3-4-5-6-7-8-2/h3-7H2,1-2H3/q-1. The van der Waals surface area contributed by atoms with Gasteiger partial charge in [0.05, 0.1) is 0 Å². The zero-order valence-electron chi connectivity index (χ0n) is 5.98. The minimum absolute atomic E-state index is 1.06. The van der Waals surface area contributed by atoms with Gasteiger partial charge in [0, 0.05) is 0 Å². The Morgan fingerprint density at radius 3 is 2.38 bits per heavy atom. The number of unbranched alkanes of at least 4 members (excludes halogenated alkanes) is 3. The van der Waals surface area contributed by atoms with Crippen LogP contribution in [0, 0.1) is 0 Å². The monoisotopic (exact) mass is 114 g/mol. The van der Waals surface area contributed by atoms with E-state index < -0.39 is 0 Å². The molecule has 1 nitrogen and oxygen atoms in total. The summed E-state index contributed by atoms with van der Waals surface area (Å²) in [6.45, 7) is 3.28. The Morgan fingerprint density at radius 1 is 1.12 bits per heavy atom. The van der Waals surface area contributed by atoms with Crippen molar-refractivity contribution < 1.29 is 0 Å². The molecule has 1 heteroatoms. The largest absolute Gasteiger partial charge is 0.665 e. The molecule has 0 aliphatic heterocycles. The summed E-state index contributed by atoms with van der Waals surface area (Å²) in [5.41, 5.74) is 0. The first-order chi connectivity index (χ1) is 3.91. The molecule has 0 aromatic carbocycles. The van der Waals surface area contributed by atoms with E-state index in [2.05, 4.69) is 12.2 Å². The first kappa shape index (κ1) is 7.96. The molecule has 0 bridgehead atoms. The van der Waals surface area contributed by atoms with E-state index in [0.29, 0.717) is 0 Å². The van der Waals surface area contributed by atoms with Gasteiger partial charge in [-0.3, -0.25) is 0 Å². The van der Waals surface area contributed by atoms with Crippen LogP contribution in [0.3, 0.4) is 0 Å².